The quantitative estimate of drug-likeness (QED) is 0.813. The van der Waals surface area contributed by atoms with Crippen LogP contribution < -0.4 is 5.32 Å². The minimum absolute atomic E-state index is 0.0462. The molecule has 0 atom stereocenters. The number of ether oxygens (including phenoxy) is 1. The van der Waals surface area contributed by atoms with E-state index in [2.05, 4.69) is 26.3 Å². The van der Waals surface area contributed by atoms with Gasteiger partial charge in [0.15, 0.2) is 5.82 Å². The van der Waals surface area contributed by atoms with E-state index >= 15 is 0 Å². The van der Waals surface area contributed by atoms with Gasteiger partial charge in [0.1, 0.15) is 5.76 Å². The third-order valence-electron chi connectivity index (χ3n) is 4.14. The van der Waals surface area contributed by atoms with Crippen LogP contribution in [0.1, 0.15) is 12.2 Å². The van der Waals surface area contributed by atoms with Gasteiger partial charge in [-0.3, -0.25) is 14.6 Å². The molecule has 1 N–H and O–H groups in total. The Morgan fingerprint density at radius 1 is 1.30 bits per heavy atom. The summed E-state index contributed by atoms with van der Waals surface area (Å²) in [5.41, 5.74) is 1.38. The minimum atomic E-state index is -0.0462. The number of aryl methyl sites for hydroxylation is 1. The number of hydrogen-bond donors (Lipinski definition) is 1. The number of hydrogen-bond acceptors (Lipinski definition) is 6. The molecule has 1 fully saturated rings. The molecule has 1 amide bonds. The van der Waals surface area contributed by atoms with Crippen molar-refractivity contribution in [2.45, 2.75) is 13.3 Å². The molecule has 0 radical (unpaired) electrons. The molecule has 3 heterocycles. The molecular formula is C16H24N4O3. The van der Waals surface area contributed by atoms with Crippen molar-refractivity contribution in [3.63, 3.8) is 0 Å². The standard InChI is InChI=1S/C16H24N4O3/c1-13-9-15(18-23-13)17-16(21)11-20-6-4-19(5-7-20)10-14-3-2-8-22-12-14/h3,9H,2,4-8,10-12H2,1H3,(H,17,18,21). The summed E-state index contributed by atoms with van der Waals surface area (Å²) in [5.74, 6) is 1.13. The van der Waals surface area contributed by atoms with Crippen LogP contribution in [-0.2, 0) is 9.53 Å². The second-order valence-corrected chi connectivity index (χ2v) is 6.13. The first-order valence-electron chi connectivity index (χ1n) is 8.12. The fourth-order valence-corrected chi connectivity index (χ4v) is 2.92. The van der Waals surface area contributed by atoms with Gasteiger partial charge in [-0.1, -0.05) is 11.2 Å². The molecule has 1 aromatic rings. The number of anilines is 1. The molecule has 126 valence electrons. The Bertz CT molecular complexity index is 561. The summed E-state index contributed by atoms with van der Waals surface area (Å²) in [6.07, 6.45) is 3.32. The number of rotatable bonds is 5. The third kappa shape index (κ3) is 4.89. The largest absolute Gasteiger partial charge is 0.377 e. The zero-order valence-electron chi connectivity index (χ0n) is 13.6. The van der Waals surface area contributed by atoms with E-state index in [1.54, 1.807) is 13.0 Å². The van der Waals surface area contributed by atoms with Crippen LogP contribution in [0.5, 0.6) is 0 Å². The van der Waals surface area contributed by atoms with Crippen molar-refractivity contribution in [1.29, 1.82) is 0 Å². The van der Waals surface area contributed by atoms with Crippen LogP contribution in [0, 0.1) is 6.92 Å². The van der Waals surface area contributed by atoms with E-state index < -0.39 is 0 Å². The topological polar surface area (TPSA) is 70.8 Å². The molecule has 0 aliphatic carbocycles. The molecular weight excluding hydrogens is 296 g/mol. The molecule has 3 rings (SSSR count). The summed E-state index contributed by atoms with van der Waals surface area (Å²) in [4.78, 5) is 16.6. The van der Waals surface area contributed by atoms with E-state index in [0.717, 1.165) is 52.4 Å². The number of amides is 1. The van der Waals surface area contributed by atoms with Crippen LogP contribution in [0.3, 0.4) is 0 Å². The highest BCUT2D eigenvalue weighted by Crippen LogP contribution is 2.11. The summed E-state index contributed by atoms with van der Waals surface area (Å²) in [6.45, 7) is 8.55. The number of carbonyl (C=O) groups is 1. The van der Waals surface area contributed by atoms with E-state index in [-0.39, 0.29) is 5.91 Å². The molecule has 1 aromatic heterocycles. The average Bonchev–Trinajstić information content (AvgIpc) is 2.95. The number of piperazine rings is 1. The Hall–Kier alpha value is -1.70. The van der Waals surface area contributed by atoms with Crippen molar-refractivity contribution in [3.05, 3.63) is 23.5 Å². The highest BCUT2D eigenvalue weighted by molar-refractivity contribution is 5.91. The van der Waals surface area contributed by atoms with E-state index in [9.17, 15) is 4.79 Å². The lowest BCUT2D eigenvalue weighted by Gasteiger charge is -2.35. The first kappa shape index (κ1) is 16.2. The highest BCUT2D eigenvalue weighted by atomic mass is 16.5. The maximum atomic E-state index is 12.0. The molecule has 0 spiro atoms. The minimum Gasteiger partial charge on any atom is -0.377 e. The second-order valence-electron chi connectivity index (χ2n) is 6.13. The highest BCUT2D eigenvalue weighted by Gasteiger charge is 2.20. The summed E-state index contributed by atoms with van der Waals surface area (Å²) in [6, 6.07) is 1.72. The molecule has 7 heteroatoms. The van der Waals surface area contributed by atoms with Crippen LogP contribution >= 0.6 is 0 Å². The summed E-state index contributed by atoms with van der Waals surface area (Å²) in [5, 5.41) is 6.54. The van der Waals surface area contributed by atoms with Gasteiger partial charge in [0.2, 0.25) is 5.91 Å². The molecule has 0 unspecified atom stereocenters. The molecule has 23 heavy (non-hydrogen) atoms. The van der Waals surface area contributed by atoms with Crippen LogP contribution in [0.2, 0.25) is 0 Å². The predicted octanol–water partition coefficient (Wildman–Crippen LogP) is 0.886. The normalized spacial score (nSPS) is 20.3. The molecule has 2 aliphatic heterocycles. The van der Waals surface area contributed by atoms with E-state index in [1.165, 1.54) is 5.57 Å². The SMILES string of the molecule is Cc1cc(NC(=O)CN2CCN(CC3=CCCOC3)CC2)no1. The van der Waals surface area contributed by atoms with Gasteiger partial charge >= 0.3 is 0 Å². The smallest absolute Gasteiger partial charge is 0.239 e. The van der Waals surface area contributed by atoms with Gasteiger partial charge in [0.05, 0.1) is 19.8 Å². The van der Waals surface area contributed by atoms with Crippen LogP contribution in [-0.4, -0.2) is 73.3 Å². The van der Waals surface area contributed by atoms with Crippen molar-refractivity contribution in [1.82, 2.24) is 15.0 Å². The van der Waals surface area contributed by atoms with Crippen molar-refractivity contribution < 1.29 is 14.1 Å². The summed E-state index contributed by atoms with van der Waals surface area (Å²) < 4.78 is 10.4. The number of nitrogens with one attached hydrogen (secondary N) is 1. The number of nitrogens with zero attached hydrogens (tertiary/aromatic N) is 3. The predicted molar refractivity (Wildman–Crippen MR) is 86.3 cm³/mol. The lowest BCUT2D eigenvalue weighted by Crippen LogP contribution is -2.49. The van der Waals surface area contributed by atoms with Crippen LogP contribution in [0.4, 0.5) is 5.82 Å². The van der Waals surface area contributed by atoms with Gasteiger partial charge in [-0.05, 0) is 18.9 Å². The van der Waals surface area contributed by atoms with Crippen molar-refractivity contribution >= 4 is 11.7 Å². The first-order chi connectivity index (χ1) is 11.2. The molecule has 0 saturated carbocycles. The average molecular weight is 320 g/mol. The lowest BCUT2D eigenvalue weighted by molar-refractivity contribution is -0.117. The monoisotopic (exact) mass is 320 g/mol. The molecule has 0 bridgehead atoms. The van der Waals surface area contributed by atoms with E-state index in [0.29, 0.717) is 18.1 Å². The molecule has 2 aliphatic rings. The fourth-order valence-electron chi connectivity index (χ4n) is 2.92. The first-order valence-corrected chi connectivity index (χ1v) is 8.12. The zero-order chi connectivity index (χ0) is 16.1. The van der Waals surface area contributed by atoms with Crippen LogP contribution in [0.25, 0.3) is 0 Å². The Balaban J connectivity index is 1.38. The van der Waals surface area contributed by atoms with Gasteiger partial charge in [-0.15, -0.1) is 0 Å². The Labute approximate surface area is 136 Å². The van der Waals surface area contributed by atoms with Crippen molar-refractivity contribution in [3.8, 4) is 0 Å². The zero-order valence-corrected chi connectivity index (χ0v) is 13.6. The number of carbonyl (C=O) groups excluding carboxylic acids is 1. The third-order valence-corrected chi connectivity index (χ3v) is 4.14. The van der Waals surface area contributed by atoms with Gasteiger partial charge in [0, 0.05) is 38.8 Å². The van der Waals surface area contributed by atoms with Crippen molar-refractivity contribution in [2.75, 3.05) is 57.8 Å². The van der Waals surface area contributed by atoms with Gasteiger partial charge in [-0.25, -0.2) is 0 Å². The molecule has 1 saturated heterocycles. The Kier molecular flexibility index (Phi) is 5.43. The maximum Gasteiger partial charge on any atom is 0.239 e. The molecule has 7 nitrogen and oxygen atoms in total. The van der Waals surface area contributed by atoms with Gasteiger partial charge in [0.25, 0.3) is 0 Å². The molecule has 0 aromatic carbocycles. The summed E-state index contributed by atoms with van der Waals surface area (Å²) >= 11 is 0. The van der Waals surface area contributed by atoms with Gasteiger partial charge < -0.3 is 14.6 Å². The number of aromatic nitrogens is 1. The fraction of sp³-hybridized carbons (Fsp3) is 0.625. The van der Waals surface area contributed by atoms with Gasteiger partial charge in [-0.2, -0.15) is 0 Å². The van der Waals surface area contributed by atoms with Crippen molar-refractivity contribution in [2.24, 2.45) is 0 Å². The summed E-state index contributed by atoms with van der Waals surface area (Å²) in [7, 11) is 0. The lowest BCUT2D eigenvalue weighted by atomic mass is 10.1. The Morgan fingerprint density at radius 3 is 2.74 bits per heavy atom. The van der Waals surface area contributed by atoms with Crippen LogP contribution in [0.15, 0.2) is 22.2 Å². The Morgan fingerprint density at radius 2 is 2.09 bits per heavy atom. The second kappa shape index (κ2) is 7.72. The van der Waals surface area contributed by atoms with E-state index in [1.807, 2.05) is 0 Å². The maximum absolute atomic E-state index is 12.0. The van der Waals surface area contributed by atoms with E-state index in [4.69, 9.17) is 9.26 Å².